The first-order valence-electron chi connectivity index (χ1n) is 6.69. The molecule has 1 heterocycles. The molecule has 1 unspecified atom stereocenters. The topological polar surface area (TPSA) is 32.3 Å². The van der Waals surface area contributed by atoms with Gasteiger partial charge in [0.25, 0.3) is 0 Å². The lowest BCUT2D eigenvalue weighted by molar-refractivity contribution is -0.124. The summed E-state index contributed by atoms with van der Waals surface area (Å²) in [5.74, 6) is 0.191. The Balaban J connectivity index is 2.26. The van der Waals surface area contributed by atoms with Gasteiger partial charge in [-0.05, 0) is 44.4 Å². The summed E-state index contributed by atoms with van der Waals surface area (Å²) in [6, 6.07) is 8.03. The Morgan fingerprint density at radius 3 is 2.72 bits per heavy atom. The molecular formula is C15H22N2O. The van der Waals surface area contributed by atoms with Crippen LogP contribution in [0.3, 0.4) is 0 Å². The fourth-order valence-electron chi connectivity index (χ4n) is 2.81. The number of aryl methyl sites for hydroxylation is 1. The number of hydrogen-bond donors (Lipinski definition) is 1. The van der Waals surface area contributed by atoms with Crippen LogP contribution in [0.15, 0.2) is 24.3 Å². The summed E-state index contributed by atoms with van der Waals surface area (Å²) in [5, 5.41) is 3.40. The van der Waals surface area contributed by atoms with Crippen molar-refractivity contribution in [2.45, 2.75) is 38.6 Å². The molecule has 2 rings (SSSR count). The molecule has 0 bridgehead atoms. The Hall–Kier alpha value is -1.35. The van der Waals surface area contributed by atoms with Gasteiger partial charge in [0.1, 0.15) is 0 Å². The number of carbonyl (C=O) groups excluding carboxylic acids is 1. The van der Waals surface area contributed by atoms with E-state index in [4.69, 9.17) is 0 Å². The number of amides is 1. The second-order valence-corrected chi connectivity index (χ2v) is 5.12. The van der Waals surface area contributed by atoms with Crippen molar-refractivity contribution in [1.82, 2.24) is 5.32 Å². The summed E-state index contributed by atoms with van der Waals surface area (Å²) < 4.78 is 0. The van der Waals surface area contributed by atoms with E-state index >= 15 is 0 Å². The number of benzene rings is 1. The number of anilines is 1. The van der Waals surface area contributed by atoms with Gasteiger partial charge < -0.3 is 10.2 Å². The lowest BCUT2D eigenvalue weighted by Crippen LogP contribution is -2.53. The SMILES string of the molecule is CCC1(C(=O)N(C)c2ccccc2C)CCCN1. The van der Waals surface area contributed by atoms with Crippen LogP contribution in [0.1, 0.15) is 31.7 Å². The van der Waals surface area contributed by atoms with Crippen LogP contribution in [0.2, 0.25) is 0 Å². The van der Waals surface area contributed by atoms with Gasteiger partial charge in [-0.1, -0.05) is 25.1 Å². The van der Waals surface area contributed by atoms with E-state index < -0.39 is 0 Å². The molecule has 18 heavy (non-hydrogen) atoms. The first-order valence-corrected chi connectivity index (χ1v) is 6.69. The molecule has 1 atom stereocenters. The minimum absolute atomic E-state index is 0.191. The fourth-order valence-corrected chi connectivity index (χ4v) is 2.81. The third-order valence-corrected chi connectivity index (χ3v) is 4.04. The number of nitrogens with zero attached hydrogens (tertiary/aromatic N) is 1. The number of nitrogens with one attached hydrogen (secondary N) is 1. The Morgan fingerprint density at radius 2 is 2.17 bits per heavy atom. The Labute approximate surface area is 109 Å². The Morgan fingerprint density at radius 1 is 1.44 bits per heavy atom. The smallest absolute Gasteiger partial charge is 0.247 e. The van der Waals surface area contributed by atoms with Crippen molar-refractivity contribution in [2.24, 2.45) is 0 Å². The molecule has 1 aromatic rings. The highest BCUT2D eigenvalue weighted by molar-refractivity contribution is 6.00. The van der Waals surface area contributed by atoms with E-state index in [1.54, 1.807) is 4.90 Å². The van der Waals surface area contributed by atoms with Crippen molar-refractivity contribution in [1.29, 1.82) is 0 Å². The van der Waals surface area contributed by atoms with Crippen molar-refractivity contribution in [3.63, 3.8) is 0 Å². The zero-order chi connectivity index (χ0) is 13.2. The maximum atomic E-state index is 12.7. The van der Waals surface area contributed by atoms with E-state index in [2.05, 4.69) is 12.2 Å². The zero-order valence-electron chi connectivity index (χ0n) is 11.5. The maximum absolute atomic E-state index is 12.7. The molecule has 1 amide bonds. The fraction of sp³-hybridized carbons (Fsp3) is 0.533. The largest absolute Gasteiger partial charge is 0.314 e. The van der Waals surface area contributed by atoms with Gasteiger partial charge in [0.05, 0.1) is 5.54 Å². The predicted molar refractivity (Wildman–Crippen MR) is 74.8 cm³/mol. The van der Waals surface area contributed by atoms with Crippen molar-refractivity contribution >= 4 is 11.6 Å². The summed E-state index contributed by atoms with van der Waals surface area (Å²) in [6.45, 7) is 5.07. The van der Waals surface area contributed by atoms with E-state index in [9.17, 15) is 4.79 Å². The molecular weight excluding hydrogens is 224 g/mol. The molecule has 0 radical (unpaired) electrons. The van der Waals surface area contributed by atoms with Gasteiger partial charge >= 0.3 is 0 Å². The standard InChI is InChI=1S/C15H22N2O/c1-4-15(10-7-11-16-15)14(18)17(3)13-9-6-5-8-12(13)2/h5-6,8-9,16H,4,7,10-11H2,1-3H3. The first kappa shape index (κ1) is 13.1. The average Bonchev–Trinajstić information content (AvgIpc) is 2.87. The van der Waals surface area contributed by atoms with Crippen LogP contribution >= 0.6 is 0 Å². The highest BCUT2D eigenvalue weighted by atomic mass is 16.2. The van der Waals surface area contributed by atoms with Gasteiger partial charge in [-0.25, -0.2) is 0 Å². The quantitative estimate of drug-likeness (QED) is 0.888. The number of rotatable bonds is 3. The second-order valence-electron chi connectivity index (χ2n) is 5.12. The Kier molecular flexibility index (Phi) is 3.71. The van der Waals surface area contributed by atoms with Crippen LogP contribution in [0.4, 0.5) is 5.69 Å². The van der Waals surface area contributed by atoms with Gasteiger partial charge in [-0.2, -0.15) is 0 Å². The van der Waals surface area contributed by atoms with Crippen LogP contribution in [0.25, 0.3) is 0 Å². The molecule has 1 aliphatic rings. The highest BCUT2D eigenvalue weighted by Crippen LogP contribution is 2.28. The molecule has 1 aromatic carbocycles. The van der Waals surface area contributed by atoms with Crippen LogP contribution in [-0.4, -0.2) is 25.0 Å². The van der Waals surface area contributed by atoms with Crippen molar-refractivity contribution in [3.05, 3.63) is 29.8 Å². The molecule has 0 aromatic heterocycles. The molecule has 98 valence electrons. The van der Waals surface area contributed by atoms with Crippen LogP contribution in [0, 0.1) is 6.92 Å². The van der Waals surface area contributed by atoms with Gasteiger partial charge in [-0.3, -0.25) is 4.79 Å². The zero-order valence-corrected chi connectivity index (χ0v) is 11.5. The first-order chi connectivity index (χ1) is 8.60. The lowest BCUT2D eigenvalue weighted by atomic mass is 9.92. The third-order valence-electron chi connectivity index (χ3n) is 4.04. The lowest BCUT2D eigenvalue weighted by Gasteiger charge is -2.32. The second kappa shape index (κ2) is 5.11. The summed E-state index contributed by atoms with van der Waals surface area (Å²) in [4.78, 5) is 14.5. The van der Waals surface area contributed by atoms with Gasteiger partial charge in [0, 0.05) is 12.7 Å². The van der Waals surface area contributed by atoms with Crippen LogP contribution in [0.5, 0.6) is 0 Å². The van der Waals surface area contributed by atoms with Gasteiger partial charge in [0.15, 0.2) is 0 Å². The predicted octanol–water partition coefficient (Wildman–Crippen LogP) is 2.49. The minimum Gasteiger partial charge on any atom is -0.314 e. The van der Waals surface area contributed by atoms with E-state index in [-0.39, 0.29) is 11.4 Å². The maximum Gasteiger partial charge on any atom is 0.247 e. The average molecular weight is 246 g/mol. The van der Waals surface area contributed by atoms with E-state index in [0.717, 1.165) is 37.1 Å². The monoisotopic (exact) mass is 246 g/mol. The summed E-state index contributed by atoms with van der Waals surface area (Å²) in [6.07, 6.45) is 2.88. The molecule has 1 N–H and O–H groups in total. The summed E-state index contributed by atoms with van der Waals surface area (Å²) in [7, 11) is 1.88. The molecule has 0 saturated carbocycles. The summed E-state index contributed by atoms with van der Waals surface area (Å²) in [5.41, 5.74) is 1.79. The van der Waals surface area contributed by atoms with Crippen LogP contribution < -0.4 is 10.2 Å². The van der Waals surface area contributed by atoms with Gasteiger partial charge in [0.2, 0.25) is 5.91 Å². The molecule has 1 aliphatic heterocycles. The van der Waals surface area contributed by atoms with E-state index in [1.807, 2.05) is 38.2 Å². The van der Waals surface area contributed by atoms with E-state index in [0.29, 0.717) is 0 Å². The number of carbonyl (C=O) groups is 1. The van der Waals surface area contributed by atoms with E-state index in [1.165, 1.54) is 0 Å². The molecule has 1 saturated heterocycles. The highest BCUT2D eigenvalue weighted by Gasteiger charge is 2.41. The number of likely N-dealkylation sites (N-methyl/N-ethyl adjacent to an activating group) is 1. The molecule has 0 spiro atoms. The minimum atomic E-state index is -0.350. The number of para-hydroxylation sites is 1. The number of hydrogen-bond acceptors (Lipinski definition) is 2. The summed E-state index contributed by atoms with van der Waals surface area (Å²) >= 11 is 0. The van der Waals surface area contributed by atoms with Crippen LogP contribution in [-0.2, 0) is 4.79 Å². The van der Waals surface area contributed by atoms with Gasteiger partial charge in [-0.15, -0.1) is 0 Å². The molecule has 0 aliphatic carbocycles. The third kappa shape index (κ3) is 2.15. The Bertz CT molecular complexity index is 436. The van der Waals surface area contributed by atoms with Crippen molar-refractivity contribution < 1.29 is 4.79 Å². The van der Waals surface area contributed by atoms with Crippen molar-refractivity contribution in [3.8, 4) is 0 Å². The normalized spacial score (nSPS) is 23.1. The molecule has 3 heteroatoms. The van der Waals surface area contributed by atoms with Crippen molar-refractivity contribution in [2.75, 3.05) is 18.5 Å². The molecule has 3 nitrogen and oxygen atoms in total. The molecule has 1 fully saturated rings.